The second kappa shape index (κ2) is 4.04. The summed E-state index contributed by atoms with van der Waals surface area (Å²) in [5.74, 6) is 0. The molecule has 0 aliphatic carbocycles. The summed E-state index contributed by atoms with van der Waals surface area (Å²) < 4.78 is 3.69. The second-order valence-corrected chi connectivity index (χ2v) is 4.70. The number of benzene rings is 1. The summed E-state index contributed by atoms with van der Waals surface area (Å²) in [5, 5.41) is 3.37. The molecule has 0 radical (unpaired) electrons. The van der Waals surface area contributed by atoms with Gasteiger partial charge < -0.3 is 5.32 Å². The quantitative estimate of drug-likeness (QED) is 0.802. The Morgan fingerprint density at radius 1 is 1.29 bits per heavy atom. The van der Waals surface area contributed by atoms with Crippen LogP contribution in [-0.2, 0) is 7.05 Å². The van der Waals surface area contributed by atoms with E-state index in [1.54, 1.807) is 4.57 Å². The molecule has 1 atom stereocenters. The Morgan fingerprint density at radius 2 is 2.06 bits per heavy atom. The van der Waals surface area contributed by atoms with E-state index in [9.17, 15) is 4.79 Å². The first-order valence-electron chi connectivity index (χ1n) is 6.15. The van der Waals surface area contributed by atoms with Gasteiger partial charge >= 0.3 is 5.69 Å². The molecule has 0 spiro atoms. The van der Waals surface area contributed by atoms with Gasteiger partial charge in [0.2, 0.25) is 0 Å². The number of hydrogen-bond acceptors (Lipinski definition) is 2. The van der Waals surface area contributed by atoms with Crippen LogP contribution < -0.4 is 11.0 Å². The molecule has 1 aliphatic heterocycles. The van der Waals surface area contributed by atoms with Crippen molar-refractivity contribution < 1.29 is 0 Å². The number of aromatic nitrogens is 2. The monoisotopic (exact) mass is 231 g/mol. The lowest BCUT2D eigenvalue weighted by Crippen LogP contribution is -2.36. The van der Waals surface area contributed by atoms with E-state index in [1.807, 2.05) is 35.9 Å². The zero-order valence-electron chi connectivity index (χ0n) is 10.0. The molecule has 1 saturated heterocycles. The molecule has 2 aromatic rings. The van der Waals surface area contributed by atoms with Crippen LogP contribution in [0.4, 0.5) is 0 Å². The topological polar surface area (TPSA) is 39.0 Å². The number of imidazole rings is 1. The van der Waals surface area contributed by atoms with E-state index >= 15 is 0 Å². The molecular weight excluding hydrogens is 214 g/mol. The summed E-state index contributed by atoms with van der Waals surface area (Å²) in [4.78, 5) is 12.3. The third-order valence-electron chi connectivity index (χ3n) is 3.63. The van der Waals surface area contributed by atoms with Crippen LogP contribution in [0, 0.1) is 0 Å². The molecule has 1 aliphatic rings. The van der Waals surface area contributed by atoms with Crippen molar-refractivity contribution in [3.63, 3.8) is 0 Å². The fourth-order valence-electron chi connectivity index (χ4n) is 2.73. The van der Waals surface area contributed by atoms with Crippen LogP contribution >= 0.6 is 0 Å². The van der Waals surface area contributed by atoms with E-state index in [4.69, 9.17) is 0 Å². The van der Waals surface area contributed by atoms with Gasteiger partial charge in [0, 0.05) is 13.6 Å². The molecule has 3 rings (SSSR count). The van der Waals surface area contributed by atoms with Crippen molar-refractivity contribution >= 4 is 11.0 Å². The SMILES string of the molecule is Cn1c(=O)n([C@H]2CCCNC2)c2ccccc21. The van der Waals surface area contributed by atoms with Gasteiger partial charge in [0.05, 0.1) is 17.1 Å². The highest BCUT2D eigenvalue weighted by atomic mass is 16.1. The standard InChI is InChI=1S/C13H17N3O/c1-15-11-6-2-3-7-12(11)16(13(15)17)10-5-4-8-14-9-10/h2-3,6-7,10,14H,4-5,8-9H2,1H3/t10-/m0/s1. The Labute approximate surface area is 99.9 Å². The van der Waals surface area contributed by atoms with E-state index in [-0.39, 0.29) is 5.69 Å². The molecule has 1 aromatic heterocycles. The maximum atomic E-state index is 12.3. The summed E-state index contributed by atoms with van der Waals surface area (Å²) in [5.41, 5.74) is 2.16. The predicted molar refractivity (Wildman–Crippen MR) is 68.3 cm³/mol. The first kappa shape index (κ1) is 10.6. The van der Waals surface area contributed by atoms with Gasteiger partial charge in [-0.05, 0) is 31.5 Å². The second-order valence-electron chi connectivity index (χ2n) is 4.70. The van der Waals surface area contributed by atoms with Gasteiger partial charge in [-0.2, -0.15) is 0 Å². The molecule has 4 nitrogen and oxygen atoms in total. The molecule has 0 bridgehead atoms. The van der Waals surface area contributed by atoms with Crippen LogP contribution in [0.5, 0.6) is 0 Å². The number of para-hydroxylation sites is 2. The van der Waals surface area contributed by atoms with Gasteiger partial charge in [-0.25, -0.2) is 4.79 Å². The van der Waals surface area contributed by atoms with Gasteiger partial charge in [0.25, 0.3) is 0 Å². The minimum Gasteiger partial charge on any atom is -0.315 e. The van der Waals surface area contributed by atoms with Crippen LogP contribution in [-0.4, -0.2) is 22.2 Å². The van der Waals surface area contributed by atoms with Crippen LogP contribution in [0.2, 0.25) is 0 Å². The average molecular weight is 231 g/mol. The third kappa shape index (κ3) is 1.60. The van der Waals surface area contributed by atoms with Gasteiger partial charge in [0.1, 0.15) is 0 Å². The number of nitrogens with one attached hydrogen (secondary N) is 1. The van der Waals surface area contributed by atoms with E-state index in [1.165, 1.54) is 0 Å². The molecule has 0 unspecified atom stereocenters. The number of nitrogens with zero attached hydrogens (tertiary/aromatic N) is 2. The van der Waals surface area contributed by atoms with Crippen molar-refractivity contribution in [1.82, 2.24) is 14.5 Å². The van der Waals surface area contributed by atoms with Crippen molar-refractivity contribution in [2.45, 2.75) is 18.9 Å². The number of rotatable bonds is 1. The Kier molecular flexibility index (Phi) is 2.52. The minimum atomic E-state index is 0.0971. The van der Waals surface area contributed by atoms with Crippen molar-refractivity contribution in [3.8, 4) is 0 Å². The largest absolute Gasteiger partial charge is 0.329 e. The molecule has 2 heterocycles. The highest BCUT2D eigenvalue weighted by Gasteiger charge is 2.20. The fourth-order valence-corrected chi connectivity index (χ4v) is 2.73. The summed E-state index contributed by atoms with van der Waals surface area (Å²) in [6.45, 7) is 1.96. The number of aryl methyl sites for hydroxylation is 1. The fraction of sp³-hybridized carbons (Fsp3) is 0.462. The van der Waals surface area contributed by atoms with Gasteiger partial charge in [-0.3, -0.25) is 9.13 Å². The van der Waals surface area contributed by atoms with Gasteiger partial charge in [0.15, 0.2) is 0 Å². The van der Waals surface area contributed by atoms with Crippen LogP contribution in [0.1, 0.15) is 18.9 Å². The molecule has 0 saturated carbocycles. The van der Waals surface area contributed by atoms with Gasteiger partial charge in [-0.15, -0.1) is 0 Å². The molecular formula is C13H17N3O. The van der Waals surface area contributed by atoms with Gasteiger partial charge in [-0.1, -0.05) is 12.1 Å². The van der Waals surface area contributed by atoms with Crippen molar-refractivity contribution in [3.05, 3.63) is 34.7 Å². The smallest absolute Gasteiger partial charge is 0.315 e. The van der Waals surface area contributed by atoms with E-state index in [0.717, 1.165) is 37.0 Å². The van der Waals surface area contributed by atoms with E-state index in [0.29, 0.717) is 6.04 Å². The first-order valence-corrected chi connectivity index (χ1v) is 6.15. The molecule has 0 amide bonds. The highest BCUT2D eigenvalue weighted by Crippen LogP contribution is 2.21. The number of fused-ring (bicyclic) bond motifs is 1. The van der Waals surface area contributed by atoms with Crippen LogP contribution in [0.15, 0.2) is 29.1 Å². The van der Waals surface area contributed by atoms with E-state index in [2.05, 4.69) is 5.32 Å². The maximum Gasteiger partial charge on any atom is 0.329 e. The van der Waals surface area contributed by atoms with Crippen LogP contribution in [0.25, 0.3) is 11.0 Å². The lowest BCUT2D eigenvalue weighted by molar-refractivity contribution is 0.369. The number of hydrogen-bond donors (Lipinski definition) is 1. The lowest BCUT2D eigenvalue weighted by Gasteiger charge is -2.23. The predicted octanol–water partition coefficient (Wildman–Crippen LogP) is 1.26. The Bertz CT molecular complexity index is 590. The van der Waals surface area contributed by atoms with Crippen molar-refractivity contribution in [2.24, 2.45) is 7.05 Å². The van der Waals surface area contributed by atoms with Crippen molar-refractivity contribution in [1.29, 1.82) is 0 Å². The summed E-state index contributed by atoms with van der Waals surface area (Å²) in [6.07, 6.45) is 2.22. The summed E-state index contributed by atoms with van der Waals surface area (Å²) >= 11 is 0. The normalized spacial score (nSPS) is 20.9. The molecule has 4 heteroatoms. The number of piperidine rings is 1. The highest BCUT2D eigenvalue weighted by molar-refractivity contribution is 5.76. The summed E-state index contributed by atoms with van der Waals surface area (Å²) in [7, 11) is 1.84. The lowest BCUT2D eigenvalue weighted by atomic mass is 10.1. The third-order valence-corrected chi connectivity index (χ3v) is 3.63. The Hall–Kier alpha value is -1.55. The average Bonchev–Trinajstić information content (AvgIpc) is 2.64. The van der Waals surface area contributed by atoms with Crippen molar-refractivity contribution in [2.75, 3.05) is 13.1 Å². The Balaban J connectivity index is 2.21. The minimum absolute atomic E-state index is 0.0971. The molecule has 1 N–H and O–H groups in total. The maximum absolute atomic E-state index is 12.3. The van der Waals surface area contributed by atoms with E-state index < -0.39 is 0 Å². The van der Waals surface area contributed by atoms with Crippen LogP contribution in [0.3, 0.4) is 0 Å². The molecule has 1 fully saturated rings. The molecule has 17 heavy (non-hydrogen) atoms. The molecule has 90 valence electrons. The zero-order valence-corrected chi connectivity index (χ0v) is 10.0. The molecule has 1 aromatic carbocycles. The summed E-state index contributed by atoms with van der Waals surface area (Å²) in [6, 6.07) is 8.30. The zero-order chi connectivity index (χ0) is 11.8. The Morgan fingerprint density at radius 3 is 2.76 bits per heavy atom. The first-order chi connectivity index (χ1) is 8.29.